The second-order valence-corrected chi connectivity index (χ2v) is 5.10. The van der Waals surface area contributed by atoms with Crippen LogP contribution in [0.2, 0.25) is 0 Å². The average molecular weight is 314 g/mol. The molecule has 0 fully saturated rings. The van der Waals surface area contributed by atoms with E-state index >= 15 is 0 Å². The molecule has 0 spiro atoms. The fraction of sp³-hybridized carbons (Fsp3) is 0.278. The van der Waals surface area contributed by atoms with Gasteiger partial charge in [0, 0.05) is 24.9 Å². The summed E-state index contributed by atoms with van der Waals surface area (Å²) in [5.41, 5.74) is 7.19. The Morgan fingerprint density at radius 3 is 2.52 bits per heavy atom. The predicted molar refractivity (Wildman–Crippen MR) is 90.3 cm³/mol. The molecule has 0 saturated heterocycles. The normalized spacial score (nSPS) is 11.7. The molecule has 2 aromatic carbocycles. The van der Waals surface area contributed by atoms with Crippen LogP contribution in [0, 0.1) is 0 Å². The number of nitrogens with two attached hydrogens (primary N) is 1. The van der Waals surface area contributed by atoms with E-state index in [9.17, 15) is 4.79 Å². The maximum atomic E-state index is 12.1. The van der Waals surface area contributed by atoms with Crippen LogP contribution in [0.1, 0.15) is 12.0 Å². The maximum Gasteiger partial charge on any atom is 0.227 e. The van der Waals surface area contributed by atoms with E-state index < -0.39 is 0 Å². The molecule has 0 aromatic heterocycles. The Hall–Kier alpha value is -2.37. The Morgan fingerprint density at radius 2 is 1.83 bits per heavy atom. The smallest absolute Gasteiger partial charge is 0.227 e. The molecule has 5 heteroatoms. The van der Waals surface area contributed by atoms with Crippen molar-refractivity contribution in [3.63, 3.8) is 0 Å². The van der Waals surface area contributed by atoms with Crippen LogP contribution in [-0.4, -0.2) is 25.7 Å². The van der Waals surface area contributed by atoms with Crippen LogP contribution in [-0.2, 0) is 16.1 Å². The maximum absolute atomic E-state index is 12.1. The Kier molecular flexibility index (Phi) is 6.59. The van der Waals surface area contributed by atoms with E-state index in [0.717, 1.165) is 17.0 Å². The van der Waals surface area contributed by atoms with Gasteiger partial charge in [0.1, 0.15) is 12.4 Å². The van der Waals surface area contributed by atoms with Gasteiger partial charge in [0.05, 0.1) is 12.5 Å². The molecule has 5 nitrogen and oxygen atoms in total. The second-order valence-electron chi connectivity index (χ2n) is 5.10. The lowest BCUT2D eigenvalue weighted by molar-refractivity contribution is -0.118. The van der Waals surface area contributed by atoms with Crippen LogP contribution >= 0.6 is 0 Å². The molecule has 2 aromatic rings. The number of ether oxygens (including phenoxy) is 2. The number of nitrogens with one attached hydrogen (secondary N) is 1. The van der Waals surface area contributed by atoms with Gasteiger partial charge in [-0.2, -0.15) is 0 Å². The summed E-state index contributed by atoms with van der Waals surface area (Å²) >= 11 is 0. The number of anilines is 1. The number of para-hydroxylation sites is 2. The van der Waals surface area contributed by atoms with Crippen LogP contribution < -0.4 is 15.8 Å². The van der Waals surface area contributed by atoms with Crippen molar-refractivity contribution in [2.75, 3.05) is 19.0 Å². The summed E-state index contributed by atoms with van der Waals surface area (Å²) in [6.07, 6.45) is -0.0522. The van der Waals surface area contributed by atoms with Gasteiger partial charge in [-0.25, -0.2) is 0 Å². The minimum Gasteiger partial charge on any atom is -0.489 e. The van der Waals surface area contributed by atoms with Gasteiger partial charge in [-0.1, -0.05) is 36.4 Å². The molecule has 1 atom stereocenters. The first kappa shape index (κ1) is 17.0. The molecule has 0 aliphatic heterocycles. The zero-order valence-corrected chi connectivity index (χ0v) is 13.2. The standard InChI is InChI=1S/C18H22N2O3/c1-22-16(12-19)11-18(21)20-17-10-6-5-7-14(17)13-23-15-8-3-2-4-9-15/h2-10,16H,11-13,19H2,1H3,(H,20,21). The number of benzene rings is 2. The van der Waals surface area contributed by atoms with Gasteiger partial charge < -0.3 is 20.5 Å². The highest BCUT2D eigenvalue weighted by atomic mass is 16.5. The molecule has 23 heavy (non-hydrogen) atoms. The van der Waals surface area contributed by atoms with Crippen molar-refractivity contribution in [3.05, 3.63) is 60.2 Å². The van der Waals surface area contributed by atoms with Crippen LogP contribution in [0.4, 0.5) is 5.69 Å². The van der Waals surface area contributed by atoms with Crippen molar-refractivity contribution in [3.8, 4) is 5.75 Å². The molecule has 0 aliphatic rings. The number of carbonyl (C=O) groups is 1. The molecule has 0 radical (unpaired) electrons. The molecular weight excluding hydrogens is 292 g/mol. The average Bonchev–Trinajstić information content (AvgIpc) is 2.60. The third-order valence-corrected chi connectivity index (χ3v) is 3.44. The largest absolute Gasteiger partial charge is 0.489 e. The van der Waals surface area contributed by atoms with Gasteiger partial charge in [-0.05, 0) is 18.2 Å². The first-order chi connectivity index (χ1) is 11.2. The first-order valence-corrected chi connectivity index (χ1v) is 7.51. The van der Waals surface area contributed by atoms with Crippen molar-refractivity contribution < 1.29 is 14.3 Å². The number of methoxy groups -OCH3 is 1. The fourth-order valence-corrected chi connectivity index (χ4v) is 2.12. The molecular formula is C18H22N2O3. The minimum atomic E-state index is -0.275. The lowest BCUT2D eigenvalue weighted by atomic mass is 10.1. The third kappa shape index (κ3) is 5.39. The summed E-state index contributed by atoms with van der Waals surface area (Å²) in [5.74, 6) is 0.658. The molecule has 0 saturated carbocycles. The van der Waals surface area contributed by atoms with Crippen LogP contribution in [0.15, 0.2) is 54.6 Å². The number of rotatable bonds is 8. The summed E-state index contributed by atoms with van der Waals surface area (Å²) < 4.78 is 10.9. The van der Waals surface area contributed by atoms with E-state index in [2.05, 4.69) is 5.32 Å². The van der Waals surface area contributed by atoms with Crippen molar-refractivity contribution in [1.29, 1.82) is 0 Å². The monoisotopic (exact) mass is 314 g/mol. The van der Waals surface area contributed by atoms with Crippen molar-refractivity contribution in [1.82, 2.24) is 0 Å². The lowest BCUT2D eigenvalue weighted by Crippen LogP contribution is -2.28. The van der Waals surface area contributed by atoms with Crippen molar-refractivity contribution >= 4 is 11.6 Å². The van der Waals surface area contributed by atoms with E-state index in [-0.39, 0.29) is 18.4 Å². The Balaban J connectivity index is 1.98. The number of amides is 1. The van der Waals surface area contributed by atoms with Gasteiger partial charge in [0.2, 0.25) is 5.91 Å². The number of hydrogen-bond donors (Lipinski definition) is 2. The Bertz CT molecular complexity index is 613. The summed E-state index contributed by atoms with van der Waals surface area (Å²) in [6, 6.07) is 17.1. The number of hydrogen-bond acceptors (Lipinski definition) is 4. The Labute approximate surface area is 136 Å². The van der Waals surface area contributed by atoms with Gasteiger partial charge in [-0.15, -0.1) is 0 Å². The zero-order chi connectivity index (χ0) is 16.5. The molecule has 3 N–H and O–H groups in total. The zero-order valence-electron chi connectivity index (χ0n) is 13.2. The van der Waals surface area contributed by atoms with Gasteiger partial charge >= 0.3 is 0 Å². The molecule has 1 amide bonds. The van der Waals surface area contributed by atoms with Crippen LogP contribution in [0.25, 0.3) is 0 Å². The van der Waals surface area contributed by atoms with E-state index in [1.54, 1.807) is 7.11 Å². The molecule has 1 unspecified atom stereocenters. The second kappa shape index (κ2) is 8.92. The van der Waals surface area contributed by atoms with E-state index in [1.807, 2.05) is 54.6 Å². The number of carbonyl (C=O) groups excluding carboxylic acids is 1. The van der Waals surface area contributed by atoms with Gasteiger partial charge in [0.15, 0.2) is 0 Å². The molecule has 0 aliphatic carbocycles. The topological polar surface area (TPSA) is 73.6 Å². The van der Waals surface area contributed by atoms with Crippen molar-refractivity contribution in [2.45, 2.75) is 19.1 Å². The lowest BCUT2D eigenvalue weighted by Gasteiger charge is -2.15. The van der Waals surface area contributed by atoms with Crippen LogP contribution in [0.3, 0.4) is 0 Å². The summed E-state index contributed by atoms with van der Waals surface area (Å²) in [4.78, 5) is 12.1. The fourth-order valence-electron chi connectivity index (χ4n) is 2.12. The van der Waals surface area contributed by atoms with Crippen LogP contribution in [0.5, 0.6) is 5.75 Å². The summed E-state index contributed by atoms with van der Waals surface area (Å²) in [7, 11) is 1.55. The molecule has 122 valence electrons. The molecule has 0 bridgehead atoms. The van der Waals surface area contributed by atoms with Crippen molar-refractivity contribution in [2.24, 2.45) is 5.73 Å². The Morgan fingerprint density at radius 1 is 1.13 bits per heavy atom. The van der Waals surface area contributed by atoms with Gasteiger partial charge in [-0.3, -0.25) is 4.79 Å². The highest BCUT2D eigenvalue weighted by Gasteiger charge is 2.13. The molecule has 2 rings (SSSR count). The SMILES string of the molecule is COC(CN)CC(=O)Nc1ccccc1COc1ccccc1. The summed E-state index contributed by atoms with van der Waals surface area (Å²) in [6.45, 7) is 0.688. The predicted octanol–water partition coefficient (Wildman–Crippen LogP) is 2.57. The molecule has 0 heterocycles. The minimum absolute atomic E-state index is 0.130. The van der Waals surface area contributed by atoms with E-state index in [1.165, 1.54) is 0 Å². The summed E-state index contributed by atoms with van der Waals surface area (Å²) in [5, 5.41) is 2.89. The quantitative estimate of drug-likeness (QED) is 0.785. The van der Waals surface area contributed by atoms with Gasteiger partial charge in [0.25, 0.3) is 0 Å². The first-order valence-electron chi connectivity index (χ1n) is 7.51. The highest BCUT2D eigenvalue weighted by molar-refractivity contribution is 5.91. The third-order valence-electron chi connectivity index (χ3n) is 3.44. The highest BCUT2D eigenvalue weighted by Crippen LogP contribution is 2.19. The van der Waals surface area contributed by atoms with E-state index in [0.29, 0.717) is 13.2 Å². The van der Waals surface area contributed by atoms with E-state index in [4.69, 9.17) is 15.2 Å².